The molecule has 1 aromatic carbocycles. The maximum absolute atomic E-state index is 12.3. The Kier molecular flexibility index (Phi) is 5.19. The summed E-state index contributed by atoms with van der Waals surface area (Å²) in [5, 5.41) is 0. The van der Waals surface area contributed by atoms with Gasteiger partial charge >= 0.3 is 0 Å². The minimum atomic E-state index is -2.28. The van der Waals surface area contributed by atoms with Crippen LogP contribution in [-0.4, -0.2) is 24.4 Å². The number of anilines is 1. The van der Waals surface area contributed by atoms with Gasteiger partial charge in [-0.05, 0) is 30.7 Å². The van der Waals surface area contributed by atoms with E-state index in [-0.39, 0.29) is 6.54 Å². The Bertz CT molecular complexity index is 298. The summed E-state index contributed by atoms with van der Waals surface area (Å²) in [6.07, 6.45) is -1.40. The number of alkyl halides is 2. The maximum atomic E-state index is 12.3. The van der Waals surface area contributed by atoms with Crippen LogP contribution in [0.2, 0.25) is 0 Å². The molecule has 0 aliphatic carbocycles. The molecule has 0 aromatic heterocycles. The molecule has 0 unspecified atom stereocenters. The largest absolute Gasteiger partial charge is 0.399 e. The van der Waals surface area contributed by atoms with Gasteiger partial charge in [0.15, 0.2) is 0 Å². The lowest BCUT2D eigenvalue weighted by atomic mass is 10.2. The van der Waals surface area contributed by atoms with Crippen LogP contribution in [0.15, 0.2) is 24.3 Å². The van der Waals surface area contributed by atoms with Crippen LogP contribution in [0.5, 0.6) is 0 Å². The van der Waals surface area contributed by atoms with E-state index in [1.807, 2.05) is 19.1 Å². The fourth-order valence-corrected chi connectivity index (χ4v) is 1.63. The molecule has 0 bridgehead atoms. The summed E-state index contributed by atoms with van der Waals surface area (Å²) < 4.78 is 24.6. The third kappa shape index (κ3) is 4.57. The van der Waals surface area contributed by atoms with Crippen LogP contribution >= 0.6 is 0 Å². The fraction of sp³-hybridized carbons (Fsp3) is 0.500. The van der Waals surface area contributed by atoms with E-state index in [4.69, 9.17) is 5.73 Å². The summed E-state index contributed by atoms with van der Waals surface area (Å²) in [7, 11) is 0. The lowest BCUT2D eigenvalue weighted by Crippen LogP contribution is -2.29. The van der Waals surface area contributed by atoms with Crippen molar-refractivity contribution in [3.63, 3.8) is 0 Å². The average molecular weight is 228 g/mol. The number of nitrogen functional groups attached to an aromatic ring is 1. The van der Waals surface area contributed by atoms with E-state index in [2.05, 4.69) is 0 Å². The van der Waals surface area contributed by atoms with Crippen LogP contribution in [0, 0.1) is 0 Å². The summed E-state index contributed by atoms with van der Waals surface area (Å²) in [4.78, 5) is 1.76. The normalized spacial score (nSPS) is 11.3. The van der Waals surface area contributed by atoms with E-state index in [0.29, 0.717) is 18.8 Å². The third-order valence-corrected chi connectivity index (χ3v) is 2.32. The van der Waals surface area contributed by atoms with Crippen molar-refractivity contribution in [2.75, 3.05) is 18.8 Å². The minimum absolute atomic E-state index is 0.168. The van der Waals surface area contributed by atoms with Crippen LogP contribution < -0.4 is 5.73 Å². The Morgan fingerprint density at radius 3 is 2.38 bits per heavy atom. The molecule has 1 rings (SSSR count). The average Bonchev–Trinajstić information content (AvgIpc) is 2.21. The Labute approximate surface area is 95.1 Å². The number of hydrogen-bond acceptors (Lipinski definition) is 2. The van der Waals surface area contributed by atoms with E-state index in [9.17, 15) is 8.78 Å². The van der Waals surface area contributed by atoms with Gasteiger partial charge in [0.1, 0.15) is 0 Å². The molecule has 0 heterocycles. The van der Waals surface area contributed by atoms with E-state index in [0.717, 1.165) is 12.0 Å². The third-order valence-electron chi connectivity index (χ3n) is 2.32. The van der Waals surface area contributed by atoms with Gasteiger partial charge in [-0.25, -0.2) is 8.78 Å². The zero-order chi connectivity index (χ0) is 12.0. The molecular weight excluding hydrogens is 210 g/mol. The molecule has 16 heavy (non-hydrogen) atoms. The molecule has 0 saturated heterocycles. The van der Waals surface area contributed by atoms with Gasteiger partial charge < -0.3 is 5.73 Å². The summed E-state index contributed by atoms with van der Waals surface area (Å²) in [5.74, 6) is 0. The van der Waals surface area contributed by atoms with Crippen molar-refractivity contribution in [3.05, 3.63) is 29.8 Å². The molecule has 0 aliphatic rings. The Morgan fingerprint density at radius 2 is 1.88 bits per heavy atom. The quantitative estimate of drug-likeness (QED) is 0.758. The fourth-order valence-electron chi connectivity index (χ4n) is 1.63. The van der Waals surface area contributed by atoms with Crippen molar-refractivity contribution < 1.29 is 8.78 Å². The predicted molar refractivity (Wildman–Crippen MR) is 62.4 cm³/mol. The molecule has 0 aliphatic heterocycles. The molecule has 90 valence electrons. The highest BCUT2D eigenvalue weighted by atomic mass is 19.3. The van der Waals surface area contributed by atoms with Gasteiger partial charge in [0.2, 0.25) is 0 Å². The van der Waals surface area contributed by atoms with Crippen molar-refractivity contribution in [1.29, 1.82) is 0 Å². The van der Waals surface area contributed by atoms with E-state index < -0.39 is 6.43 Å². The number of nitrogens with zero attached hydrogens (tertiary/aromatic N) is 1. The van der Waals surface area contributed by atoms with E-state index in [1.165, 1.54) is 0 Å². The molecule has 0 spiro atoms. The first-order valence-electron chi connectivity index (χ1n) is 5.46. The Hall–Kier alpha value is -1.16. The smallest absolute Gasteiger partial charge is 0.251 e. The SMILES string of the molecule is CCCN(Cc1ccc(N)cc1)CC(F)F. The Balaban J connectivity index is 2.56. The maximum Gasteiger partial charge on any atom is 0.251 e. The second-order valence-electron chi connectivity index (χ2n) is 3.87. The molecule has 0 amide bonds. The summed E-state index contributed by atoms with van der Waals surface area (Å²) in [5.41, 5.74) is 7.27. The molecule has 1 aromatic rings. The van der Waals surface area contributed by atoms with Crippen molar-refractivity contribution >= 4 is 5.69 Å². The van der Waals surface area contributed by atoms with Gasteiger partial charge in [-0.15, -0.1) is 0 Å². The Morgan fingerprint density at radius 1 is 1.25 bits per heavy atom. The molecule has 2 N–H and O–H groups in total. The highest BCUT2D eigenvalue weighted by Gasteiger charge is 2.11. The van der Waals surface area contributed by atoms with Crippen molar-refractivity contribution in [2.24, 2.45) is 0 Å². The van der Waals surface area contributed by atoms with Gasteiger partial charge in [-0.3, -0.25) is 4.90 Å². The second-order valence-corrected chi connectivity index (χ2v) is 3.87. The number of hydrogen-bond donors (Lipinski definition) is 1. The number of halogens is 2. The highest BCUT2D eigenvalue weighted by molar-refractivity contribution is 5.39. The van der Waals surface area contributed by atoms with Gasteiger partial charge in [0, 0.05) is 12.2 Å². The zero-order valence-electron chi connectivity index (χ0n) is 9.50. The molecule has 0 atom stereocenters. The highest BCUT2D eigenvalue weighted by Crippen LogP contribution is 2.10. The molecule has 0 radical (unpaired) electrons. The first-order valence-corrected chi connectivity index (χ1v) is 5.46. The van der Waals surface area contributed by atoms with Crippen LogP contribution in [0.25, 0.3) is 0 Å². The standard InChI is InChI=1S/C12H18F2N2/c1-2-7-16(9-12(13)14)8-10-3-5-11(15)6-4-10/h3-6,12H,2,7-9,15H2,1H3. The van der Waals surface area contributed by atoms with Crippen molar-refractivity contribution in [1.82, 2.24) is 4.90 Å². The zero-order valence-corrected chi connectivity index (χ0v) is 9.50. The van der Waals surface area contributed by atoms with Crippen molar-refractivity contribution in [2.45, 2.75) is 26.3 Å². The first-order chi connectivity index (χ1) is 7.61. The number of nitrogens with two attached hydrogens (primary N) is 1. The monoisotopic (exact) mass is 228 g/mol. The summed E-state index contributed by atoms with van der Waals surface area (Å²) >= 11 is 0. The predicted octanol–water partition coefficient (Wildman–Crippen LogP) is 2.75. The molecule has 0 saturated carbocycles. The van der Waals surface area contributed by atoms with Crippen molar-refractivity contribution in [3.8, 4) is 0 Å². The molecule has 2 nitrogen and oxygen atoms in total. The minimum Gasteiger partial charge on any atom is -0.399 e. The molecule has 0 fully saturated rings. The van der Waals surface area contributed by atoms with E-state index >= 15 is 0 Å². The van der Waals surface area contributed by atoms with Crippen LogP contribution in [-0.2, 0) is 6.54 Å². The van der Waals surface area contributed by atoms with Gasteiger partial charge in [-0.1, -0.05) is 19.1 Å². The number of benzene rings is 1. The van der Waals surface area contributed by atoms with E-state index in [1.54, 1.807) is 17.0 Å². The summed E-state index contributed by atoms with van der Waals surface area (Å²) in [6.45, 7) is 3.06. The summed E-state index contributed by atoms with van der Waals surface area (Å²) in [6, 6.07) is 7.34. The molecule has 4 heteroatoms. The lowest BCUT2D eigenvalue weighted by Gasteiger charge is -2.21. The second kappa shape index (κ2) is 6.43. The van der Waals surface area contributed by atoms with Gasteiger partial charge in [-0.2, -0.15) is 0 Å². The first kappa shape index (κ1) is 12.9. The van der Waals surface area contributed by atoms with Crippen LogP contribution in [0.4, 0.5) is 14.5 Å². The van der Waals surface area contributed by atoms with Crippen LogP contribution in [0.3, 0.4) is 0 Å². The topological polar surface area (TPSA) is 29.3 Å². The lowest BCUT2D eigenvalue weighted by molar-refractivity contribution is 0.0847. The van der Waals surface area contributed by atoms with Gasteiger partial charge in [0.05, 0.1) is 6.54 Å². The molecular formula is C12H18F2N2. The van der Waals surface area contributed by atoms with Gasteiger partial charge in [0.25, 0.3) is 6.43 Å². The van der Waals surface area contributed by atoms with Crippen LogP contribution in [0.1, 0.15) is 18.9 Å². The number of rotatable bonds is 6.